The number of nitrogens with one attached hydrogen (secondary N) is 2. The van der Waals surface area contributed by atoms with Gasteiger partial charge in [-0.25, -0.2) is 0 Å². The van der Waals surface area contributed by atoms with Crippen LogP contribution in [0.1, 0.15) is 41.7 Å². The zero-order chi connectivity index (χ0) is 33.3. The number of carbonyl (C=O) groups is 1. The molecule has 0 aliphatic carbocycles. The third-order valence-corrected chi connectivity index (χ3v) is 10.2. The van der Waals surface area contributed by atoms with Gasteiger partial charge in [0.25, 0.3) is 5.91 Å². The molecule has 0 radical (unpaired) electrons. The first-order valence-electron chi connectivity index (χ1n) is 16.3. The molecule has 1 heterocycles. The van der Waals surface area contributed by atoms with E-state index in [-0.39, 0.29) is 19.1 Å². The molecule has 0 fully saturated rings. The Morgan fingerprint density at radius 3 is 1.75 bits per heavy atom. The van der Waals surface area contributed by atoms with Crippen molar-refractivity contribution in [2.24, 2.45) is 0 Å². The lowest BCUT2D eigenvalue weighted by Gasteiger charge is -2.23. The summed E-state index contributed by atoms with van der Waals surface area (Å²) >= 11 is 0. The average molecular weight is 658 g/mol. The van der Waals surface area contributed by atoms with Crippen LogP contribution in [0.2, 0.25) is 0 Å². The van der Waals surface area contributed by atoms with E-state index in [2.05, 4.69) is 76.2 Å². The van der Waals surface area contributed by atoms with E-state index in [1.54, 1.807) is 32.0 Å². The molecule has 0 spiro atoms. The lowest BCUT2D eigenvalue weighted by atomic mass is 10.00. The van der Waals surface area contributed by atoms with E-state index < -0.39 is 7.60 Å². The molecule has 1 aliphatic heterocycles. The van der Waals surface area contributed by atoms with Crippen LogP contribution in [0.25, 0.3) is 11.3 Å². The second kappa shape index (κ2) is 15.4. The number of fused-ring (bicyclic) bond motifs is 1. The highest BCUT2D eigenvalue weighted by Crippen LogP contribution is 2.48. The molecule has 48 heavy (non-hydrogen) atoms. The van der Waals surface area contributed by atoms with E-state index in [9.17, 15) is 9.36 Å². The third-order valence-electron chi connectivity index (χ3n) is 8.10. The molecule has 1 aliphatic rings. The van der Waals surface area contributed by atoms with Crippen molar-refractivity contribution in [1.82, 2.24) is 4.90 Å². The number of hydrogen-bond acceptors (Lipinski definition) is 6. The Morgan fingerprint density at radius 2 is 1.21 bits per heavy atom. The Bertz CT molecular complexity index is 1860. The Labute approximate surface area is 282 Å². The fraction of sp³-hybridized carbons (Fsp3) is 0.175. The monoisotopic (exact) mass is 657 g/mol. The summed E-state index contributed by atoms with van der Waals surface area (Å²) in [5, 5.41) is 6.94. The van der Waals surface area contributed by atoms with Gasteiger partial charge in [-0.1, -0.05) is 103 Å². The molecule has 5 aromatic rings. The van der Waals surface area contributed by atoms with E-state index in [0.717, 1.165) is 30.9 Å². The van der Waals surface area contributed by atoms with Gasteiger partial charge < -0.3 is 19.7 Å². The summed E-state index contributed by atoms with van der Waals surface area (Å²) in [6, 6.07) is 44.4. The smallest absolute Gasteiger partial charge is 0.354 e. The molecular formula is C40H40N3O4P. The second-order valence-corrected chi connectivity index (χ2v) is 13.6. The first-order chi connectivity index (χ1) is 23.5. The van der Waals surface area contributed by atoms with Gasteiger partial charge in [0.2, 0.25) is 0 Å². The van der Waals surface area contributed by atoms with Crippen LogP contribution < -0.4 is 15.9 Å². The summed E-state index contributed by atoms with van der Waals surface area (Å²) in [4.78, 5) is 16.0. The minimum absolute atomic E-state index is 0.233. The van der Waals surface area contributed by atoms with Crippen LogP contribution in [0.4, 0.5) is 11.4 Å². The molecule has 8 heteroatoms. The largest absolute Gasteiger partial charge is 0.361 e. The molecule has 0 saturated carbocycles. The van der Waals surface area contributed by atoms with Crippen molar-refractivity contribution < 1.29 is 18.4 Å². The molecular weight excluding hydrogens is 617 g/mol. The van der Waals surface area contributed by atoms with Gasteiger partial charge in [-0.3, -0.25) is 14.3 Å². The minimum Gasteiger partial charge on any atom is -0.354 e. The van der Waals surface area contributed by atoms with Crippen molar-refractivity contribution in [1.29, 1.82) is 0 Å². The molecule has 0 saturated heterocycles. The maximum absolute atomic E-state index is 13.7. The number of nitrogens with zero attached hydrogens (tertiary/aromatic N) is 1. The normalized spacial score (nSPS) is 13.7. The Balaban J connectivity index is 1.31. The molecule has 6 rings (SSSR count). The summed E-state index contributed by atoms with van der Waals surface area (Å²) in [7, 11) is -3.57. The van der Waals surface area contributed by atoms with Crippen LogP contribution >= 0.6 is 7.60 Å². The summed E-state index contributed by atoms with van der Waals surface area (Å²) in [6.07, 6.45) is 0. The average Bonchev–Trinajstić information content (AvgIpc) is 3.44. The van der Waals surface area contributed by atoms with Crippen LogP contribution in [0.15, 0.2) is 133 Å². The number of hydrogen-bond donors (Lipinski definition) is 2. The molecule has 0 aromatic heterocycles. The van der Waals surface area contributed by atoms with Gasteiger partial charge in [0.15, 0.2) is 0 Å². The highest BCUT2D eigenvalue weighted by Gasteiger charge is 2.33. The Kier molecular flexibility index (Phi) is 10.6. The summed E-state index contributed by atoms with van der Waals surface area (Å²) in [5.74, 6) is -0.245. The topological polar surface area (TPSA) is 79.9 Å². The van der Waals surface area contributed by atoms with E-state index in [4.69, 9.17) is 9.05 Å². The van der Waals surface area contributed by atoms with Crippen molar-refractivity contribution in [2.45, 2.75) is 33.5 Å². The van der Waals surface area contributed by atoms with Crippen molar-refractivity contribution in [3.63, 3.8) is 0 Å². The maximum atomic E-state index is 13.7. The number of anilines is 2. The maximum Gasteiger partial charge on any atom is 0.361 e. The van der Waals surface area contributed by atoms with Crippen LogP contribution in [0.5, 0.6) is 0 Å². The summed E-state index contributed by atoms with van der Waals surface area (Å²) in [5.41, 5.74) is 7.78. The summed E-state index contributed by atoms with van der Waals surface area (Å²) < 4.78 is 24.9. The van der Waals surface area contributed by atoms with Gasteiger partial charge in [0, 0.05) is 36.6 Å². The molecule has 244 valence electrons. The van der Waals surface area contributed by atoms with Crippen molar-refractivity contribution >= 4 is 41.5 Å². The predicted octanol–water partition coefficient (Wildman–Crippen LogP) is 8.71. The zero-order valence-corrected chi connectivity index (χ0v) is 28.2. The number of benzene rings is 5. The molecule has 0 unspecified atom stereocenters. The van der Waals surface area contributed by atoms with Crippen molar-refractivity contribution in [3.05, 3.63) is 161 Å². The highest BCUT2D eigenvalue weighted by molar-refractivity contribution is 7.62. The van der Waals surface area contributed by atoms with E-state index in [1.165, 1.54) is 16.7 Å². The van der Waals surface area contributed by atoms with Crippen molar-refractivity contribution in [3.8, 4) is 0 Å². The SMILES string of the molecule is CCOP(=O)(OCC)c1ccc2c(c1)/C(=C(/Nc1ccc(CN(Cc3ccccc3)Cc3ccccc3)cc1)c1ccccc1)C(=O)N2. The molecule has 7 nitrogen and oxygen atoms in total. The van der Waals surface area contributed by atoms with E-state index >= 15 is 0 Å². The van der Waals surface area contributed by atoms with Gasteiger partial charge in [-0.05, 0) is 66.4 Å². The van der Waals surface area contributed by atoms with Gasteiger partial charge >= 0.3 is 7.60 Å². The van der Waals surface area contributed by atoms with Crippen LogP contribution in [0.3, 0.4) is 0 Å². The highest BCUT2D eigenvalue weighted by atomic mass is 31.2. The quantitative estimate of drug-likeness (QED) is 0.0919. The zero-order valence-electron chi connectivity index (χ0n) is 27.3. The molecule has 0 bridgehead atoms. The lowest BCUT2D eigenvalue weighted by molar-refractivity contribution is -0.110. The summed E-state index contributed by atoms with van der Waals surface area (Å²) in [6.45, 7) is 6.46. The van der Waals surface area contributed by atoms with Gasteiger partial charge in [-0.15, -0.1) is 0 Å². The third kappa shape index (κ3) is 7.84. The number of rotatable bonds is 14. The van der Waals surface area contributed by atoms with Crippen LogP contribution in [-0.2, 0) is 38.0 Å². The Hall–Kier alpha value is -4.78. The lowest BCUT2D eigenvalue weighted by Crippen LogP contribution is -2.22. The van der Waals surface area contributed by atoms with E-state index in [1.807, 2.05) is 54.6 Å². The fourth-order valence-corrected chi connectivity index (χ4v) is 7.53. The number of amides is 1. The van der Waals surface area contributed by atoms with E-state index in [0.29, 0.717) is 27.8 Å². The molecule has 5 aromatic carbocycles. The van der Waals surface area contributed by atoms with Crippen LogP contribution in [-0.4, -0.2) is 24.0 Å². The molecule has 1 amide bonds. The standard InChI is InChI=1S/C40H40N3O4P/c1-3-46-48(45,47-4-2)35-24-25-37-36(26-35)38(40(44)42-37)39(33-18-12-7-13-19-33)41-34-22-20-32(21-23-34)29-43(27-30-14-8-5-9-15-30)28-31-16-10-6-11-17-31/h5-26,41H,3-4,27-29H2,1-2H3,(H,42,44)/b39-38-. The first-order valence-corrected chi connectivity index (χ1v) is 17.8. The second-order valence-electron chi connectivity index (χ2n) is 11.6. The molecule has 2 N–H and O–H groups in total. The number of carbonyl (C=O) groups excluding carboxylic acids is 1. The predicted molar refractivity (Wildman–Crippen MR) is 195 cm³/mol. The first kappa shape index (κ1) is 33.1. The van der Waals surface area contributed by atoms with Gasteiger partial charge in [0.05, 0.1) is 29.8 Å². The van der Waals surface area contributed by atoms with Gasteiger partial charge in [0.1, 0.15) is 0 Å². The van der Waals surface area contributed by atoms with Gasteiger partial charge in [-0.2, -0.15) is 0 Å². The Morgan fingerprint density at radius 1 is 0.688 bits per heavy atom. The minimum atomic E-state index is -3.57. The fourth-order valence-electron chi connectivity index (χ4n) is 5.93. The van der Waals surface area contributed by atoms with Crippen molar-refractivity contribution in [2.75, 3.05) is 23.8 Å². The molecule has 0 atom stereocenters. The van der Waals surface area contributed by atoms with Crippen LogP contribution in [0, 0.1) is 0 Å².